The summed E-state index contributed by atoms with van der Waals surface area (Å²) >= 11 is 0. The summed E-state index contributed by atoms with van der Waals surface area (Å²) in [5, 5.41) is 1.34. The normalized spacial score (nSPS) is 13.6. The van der Waals surface area contributed by atoms with Crippen molar-refractivity contribution in [1.82, 2.24) is 4.57 Å². The van der Waals surface area contributed by atoms with Crippen molar-refractivity contribution in [2.24, 2.45) is 17.4 Å². The minimum absolute atomic E-state index is 0. The fourth-order valence-electron chi connectivity index (χ4n) is 3.20. The van der Waals surface area contributed by atoms with Crippen molar-refractivity contribution < 1.29 is 9.53 Å². The van der Waals surface area contributed by atoms with Crippen LogP contribution in [0.5, 0.6) is 5.75 Å². The number of hydrogen-bond donors (Lipinski definition) is 2. The van der Waals surface area contributed by atoms with Gasteiger partial charge in [-0.3, -0.25) is 9.59 Å². The highest BCUT2D eigenvalue weighted by molar-refractivity contribution is 5.93. The Morgan fingerprint density at radius 1 is 1.32 bits per heavy atom. The second-order valence-corrected chi connectivity index (χ2v) is 7.08. The first-order valence-electron chi connectivity index (χ1n) is 9.55. The second kappa shape index (κ2) is 9.75. The third kappa shape index (κ3) is 4.94. The maximum atomic E-state index is 13.1. The van der Waals surface area contributed by atoms with Gasteiger partial charge in [-0.05, 0) is 49.0 Å². The molecule has 0 bridgehead atoms. The van der Waals surface area contributed by atoms with Crippen LogP contribution < -0.4 is 21.8 Å². The van der Waals surface area contributed by atoms with E-state index in [0.29, 0.717) is 30.2 Å². The predicted molar refractivity (Wildman–Crippen MR) is 115 cm³/mol. The van der Waals surface area contributed by atoms with Crippen molar-refractivity contribution in [3.8, 4) is 5.75 Å². The van der Waals surface area contributed by atoms with Crippen LogP contribution in [0.25, 0.3) is 16.8 Å². The monoisotopic (exact) mass is 405 g/mol. The van der Waals surface area contributed by atoms with Crippen LogP contribution in [0, 0.1) is 5.92 Å². The Bertz CT molecular complexity index is 933. The first-order valence-corrected chi connectivity index (χ1v) is 9.55. The van der Waals surface area contributed by atoms with Gasteiger partial charge in [0.2, 0.25) is 5.91 Å². The minimum atomic E-state index is -0.517. The molecule has 2 aromatic rings. The molecule has 1 aliphatic rings. The first-order chi connectivity index (χ1) is 13.0. The van der Waals surface area contributed by atoms with Gasteiger partial charge in [0.05, 0.1) is 17.7 Å². The standard InChI is InChI=1S/C21H27N3O3.ClH/c1-2-3-10-27-20-17-11-14(7-9-19(23)25)6-8-16(17)21(26)24(18(20)12-22)13-15-4-5-15;/h6-9,11,15H,2-5,10,12-13,22H2,1H3,(H2,23,25);1H/b9-7+;. The number of hydrogen-bond acceptors (Lipinski definition) is 4. The molecule has 1 aliphatic carbocycles. The van der Waals surface area contributed by atoms with Gasteiger partial charge in [0.15, 0.2) is 0 Å². The van der Waals surface area contributed by atoms with Gasteiger partial charge in [-0.1, -0.05) is 19.4 Å². The first kappa shape index (κ1) is 22.0. The number of halogens is 1. The molecule has 0 unspecified atom stereocenters. The van der Waals surface area contributed by atoms with Gasteiger partial charge in [0.1, 0.15) is 5.75 Å². The molecule has 1 amide bonds. The molecule has 6 nitrogen and oxygen atoms in total. The molecule has 152 valence electrons. The third-order valence-corrected chi connectivity index (χ3v) is 4.87. The van der Waals surface area contributed by atoms with Crippen molar-refractivity contribution in [2.75, 3.05) is 6.61 Å². The van der Waals surface area contributed by atoms with E-state index in [1.165, 1.54) is 6.08 Å². The number of ether oxygens (including phenoxy) is 1. The van der Waals surface area contributed by atoms with Crippen molar-refractivity contribution in [3.63, 3.8) is 0 Å². The molecule has 0 radical (unpaired) electrons. The summed E-state index contributed by atoms with van der Waals surface area (Å²) in [6, 6.07) is 5.45. The number of fused-ring (bicyclic) bond motifs is 1. The molecule has 0 aliphatic heterocycles. The SMILES string of the molecule is CCCCOc1c(CN)n(CC2CC2)c(=O)c2ccc(/C=C/C(N)=O)cc12.Cl. The van der Waals surface area contributed by atoms with Crippen LogP contribution >= 0.6 is 12.4 Å². The van der Waals surface area contributed by atoms with Gasteiger partial charge in [-0.15, -0.1) is 12.4 Å². The van der Waals surface area contributed by atoms with Gasteiger partial charge in [-0.25, -0.2) is 0 Å². The lowest BCUT2D eigenvalue weighted by Gasteiger charge is -2.19. The lowest BCUT2D eigenvalue weighted by molar-refractivity contribution is -0.113. The van der Waals surface area contributed by atoms with Gasteiger partial charge >= 0.3 is 0 Å². The quantitative estimate of drug-likeness (QED) is 0.494. The van der Waals surface area contributed by atoms with Gasteiger partial charge in [0, 0.05) is 24.6 Å². The molecule has 0 saturated heterocycles. The van der Waals surface area contributed by atoms with Gasteiger partial charge in [0.25, 0.3) is 5.56 Å². The number of pyridine rings is 1. The molecule has 3 rings (SSSR count). The van der Waals surface area contributed by atoms with E-state index in [9.17, 15) is 9.59 Å². The lowest BCUT2D eigenvalue weighted by Crippen LogP contribution is -2.27. The number of nitrogens with two attached hydrogens (primary N) is 2. The minimum Gasteiger partial charge on any atom is -0.491 e. The molecular formula is C21H28ClN3O3. The van der Waals surface area contributed by atoms with Crippen LogP contribution in [0.4, 0.5) is 0 Å². The number of benzene rings is 1. The van der Waals surface area contributed by atoms with E-state index in [0.717, 1.165) is 42.3 Å². The van der Waals surface area contributed by atoms with E-state index in [4.69, 9.17) is 16.2 Å². The Kier molecular flexibility index (Phi) is 7.66. The number of primary amides is 1. The summed E-state index contributed by atoms with van der Waals surface area (Å²) in [5.74, 6) is 0.708. The van der Waals surface area contributed by atoms with Crippen LogP contribution in [0.3, 0.4) is 0 Å². The molecule has 1 aromatic carbocycles. The summed E-state index contributed by atoms with van der Waals surface area (Å²) < 4.78 is 7.90. The van der Waals surface area contributed by atoms with E-state index in [2.05, 4.69) is 6.92 Å². The Balaban J connectivity index is 0.00000280. The van der Waals surface area contributed by atoms with E-state index in [1.54, 1.807) is 16.7 Å². The number of aromatic nitrogens is 1. The molecule has 1 heterocycles. The molecule has 0 spiro atoms. The molecule has 4 N–H and O–H groups in total. The van der Waals surface area contributed by atoms with Gasteiger partial charge < -0.3 is 20.8 Å². The molecule has 1 aromatic heterocycles. The number of carbonyl (C=O) groups excluding carboxylic acids is 1. The molecule has 1 saturated carbocycles. The average Bonchev–Trinajstić information content (AvgIpc) is 3.47. The largest absolute Gasteiger partial charge is 0.491 e. The highest BCUT2D eigenvalue weighted by Crippen LogP contribution is 2.34. The van der Waals surface area contributed by atoms with Crippen molar-refractivity contribution in [3.05, 3.63) is 45.9 Å². The zero-order chi connectivity index (χ0) is 19.4. The Morgan fingerprint density at radius 2 is 2.07 bits per heavy atom. The molecule has 7 heteroatoms. The van der Waals surface area contributed by atoms with Crippen LogP contribution in [0.1, 0.15) is 43.9 Å². The lowest BCUT2D eigenvalue weighted by atomic mass is 10.0. The van der Waals surface area contributed by atoms with Crippen molar-refractivity contribution in [1.29, 1.82) is 0 Å². The maximum Gasteiger partial charge on any atom is 0.258 e. The summed E-state index contributed by atoms with van der Waals surface area (Å²) in [6.07, 6.45) is 7.18. The Morgan fingerprint density at radius 3 is 2.68 bits per heavy atom. The van der Waals surface area contributed by atoms with Crippen LogP contribution in [0.15, 0.2) is 29.1 Å². The average molecular weight is 406 g/mol. The number of unbranched alkanes of at least 4 members (excludes halogenated alkanes) is 1. The van der Waals surface area contributed by atoms with Crippen LogP contribution in [0.2, 0.25) is 0 Å². The van der Waals surface area contributed by atoms with Gasteiger partial charge in [-0.2, -0.15) is 0 Å². The van der Waals surface area contributed by atoms with E-state index in [-0.39, 0.29) is 24.5 Å². The number of amides is 1. The highest BCUT2D eigenvalue weighted by atomic mass is 35.5. The molecule has 28 heavy (non-hydrogen) atoms. The van der Waals surface area contributed by atoms with E-state index < -0.39 is 5.91 Å². The third-order valence-electron chi connectivity index (χ3n) is 4.87. The number of rotatable bonds is 9. The van der Waals surface area contributed by atoms with Crippen molar-refractivity contribution in [2.45, 2.75) is 45.7 Å². The highest BCUT2D eigenvalue weighted by Gasteiger charge is 2.25. The van der Waals surface area contributed by atoms with E-state index >= 15 is 0 Å². The summed E-state index contributed by atoms with van der Waals surface area (Å²) in [7, 11) is 0. The molecule has 0 atom stereocenters. The number of carbonyl (C=O) groups is 1. The Labute approximate surface area is 170 Å². The van der Waals surface area contributed by atoms with Crippen LogP contribution in [-0.2, 0) is 17.9 Å². The summed E-state index contributed by atoms with van der Waals surface area (Å²) in [5.41, 5.74) is 12.7. The summed E-state index contributed by atoms with van der Waals surface area (Å²) in [4.78, 5) is 24.1. The summed E-state index contributed by atoms with van der Waals surface area (Å²) in [6.45, 7) is 3.60. The molecule has 1 fully saturated rings. The topological polar surface area (TPSA) is 100 Å². The maximum absolute atomic E-state index is 13.1. The van der Waals surface area contributed by atoms with Crippen LogP contribution in [-0.4, -0.2) is 17.1 Å². The molecular weight excluding hydrogens is 378 g/mol. The zero-order valence-electron chi connectivity index (χ0n) is 16.1. The fraction of sp³-hybridized carbons (Fsp3) is 0.429. The fourth-order valence-corrected chi connectivity index (χ4v) is 3.20. The second-order valence-electron chi connectivity index (χ2n) is 7.08. The van der Waals surface area contributed by atoms with E-state index in [1.807, 2.05) is 12.1 Å². The van der Waals surface area contributed by atoms with Crippen molar-refractivity contribution >= 4 is 35.2 Å². The Hall–Kier alpha value is -2.31. The zero-order valence-corrected chi connectivity index (χ0v) is 17.0. The smallest absolute Gasteiger partial charge is 0.258 e. The number of nitrogens with zero attached hydrogens (tertiary/aromatic N) is 1. The predicted octanol–water partition coefficient (Wildman–Crippen LogP) is 2.97.